The van der Waals surface area contributed by atoms with E-state index in [2.05, 4.69) is 0 Å². The molecule has 7 N–H and O–H groups in total. The number of aliphatic carboxylic acids is 2. The molecule has 0 aromatic carbocycles. The number of hydrogen-bond donors (Lipinski definition) is 4. The third-order valence-electron chi connectivity index (χ3n) is 0.794. The summed E-state index contributed by atoms with van der Waals surface area (Å²) >= 11 is 0. The van der Waals surface area contributed by atoms with Crippen LogP contribution >= 0.6 is 0 Å². The predicted molar refractivity (Wildman–Crippen MR) is 30.6 cm³/mol. The Morgan fingerprint density at radius 2 is 1.50 bits per heavy atom. The van der Waals surface area contributed by atoms with Crippen molar-refractivity contribution in [2.45, 2.75) is 12.2 Å². The number of carbonyl (C=O) groups excluding carboxylic acids is 1. The predicted octanol–water partition coefficient (Wildman–Crippen LogP) is -3.08. The Morgan fingerprint density at radius 3 is 1.58 bits per heavy atom. The quantitative estimate of drug-likeness (QED) is 0.401. The molecule has 0 aliphatic carbocycles. The zero-order chi connectivity index (χ0) is 8.31. The van der Waals surface area contributed by atoms with Crippen molar-refractivity contribution in [2.24, 2.45) is 0 Å². The molecule has 0 rings (SSSR count). The van der Waals surface area contributed by atoms with Gasteiger partial charge in [0.25, 0.3) is 0 Å². The molecular weight excluding hydrogens is 270 g/mol. The van der Waals surface area contributed by atoms with Crippen LogP contribution in [0.1, 0.15) is 0 Å². The first-order valence-corrected chi connectivity index (χ1v) is 2.26. The molecule has 0 aromatic rings. The van der Waals surface area contributed by atoms with Crippen molar-refractivity contribution < 1.29 is 57.3 Å². The fourth-order valence-electron chi connectivity index (χ4n) is 0.264. The Morgan fingerprint density at radius 1 is 1.17 bits per heavy atom. The summed E-state index contributed by atoms with van der Waals surface area (Å²) < 4.78 is 0. The molecule has 0 amide bonds. The van der Waals surface area contributed by atoms with E-state index in [4.69, 9.17) is 15.3 Å². The van der Waals surface area contributed by atoms with Crippen LogP contribution in [0.25, 0.3) is 0 Å². The van der Waals surface area contributed by atoms with E-state index in [1.54, 1.807) is 0 Å². The molecule has 0 aliphatic heterocycles. The summed E-state index contributed by atoms with van der Waals surface area (Å²) in [5.74, 6) is -3.83. The summed E-state index contributed by atoms with van der Waals surface area (Å²) in [7, 11) is 0. The van der Waals surface area contributed by atoms with Crippen molar-refractivity contribution in [1.82, 2.24) is 6.15 Å². The van der Waals surface area contributed by atoms with Gasteiger partial charge in [-0.1, -0.05) is 0 Å². The Balaban J connectivity index is -0.000000405. The van der Waals surface area contributed by atoms with Crippen molar-refractivity contribution in [2.75, 3.05) is 0 Å². The van der Waals surface area contributed by atoms with Gasteiger partial charge in [0.1, 0.15) is 6.10 Å². The van der Waals surface area contributed by atoms with E-state index in [9.17, 15) is 14.7 Å². The maximum Gasteiger partial charge on any atom is 0.335 e. The first-order valence-electron chi connectivity index (χ1n) is 2.26. The summed E-state index contributed by atoms with van der Waals surface area (Å²) in [4.78, 5) is 19.4. The van der Waals surface area contributed by atoms with Gasteiger partial charge in [-0.15, -0.1) is 0 Å². The monoisotopic (exact) mass is 281 g/mol. The summed E-state index contributed by atoms with van der Waals surface area (Å²) in [5, 5.41) is 34.1. The normalized spacial score (nSPS) is 13.2. The van der Waals surface area contributed by atoms with Crippen LogP contribution in [0.15, 0.2) is 0 Å². The molecule has 0 spiro atoms. The standard InChI is InChI=1S/C4H6O6.Cd.H3N/c5-1(3(7)8)2(6)4(9)10;;/h1-2,5-6H,(H,7,8)(H,9,10);;1H3. The van der Waals surface area contributed by atoms with Crippen LogP contribution in [0.5, 0.6) is 0 Å². The number of aliphatic hydroxyl groups excluding tert-OH is 2. The van der Waals surface area contributed by atoms with Gasteiger partial charge in [0.05, 0.1) is 5.97 Å². The first kappa shape index (κ1) is 17.7. The van der Waals surface area contributed by atoms with Crippen LogP contribution in [0, 0.1) is 0 Å². The van der Waals surface area contributed by atoms with Gasteiger partial charge in [-0.05, 0) is 0 Å². The maximum absolute atomic E-state index is 9.74. The van der Waals surface area contributed by atoms with Crippen LogP contribution in [0.4, 0.5) is 0 Å². The van der Waals surface area contributed by atoms with Crippen LogP contribution in [-0.4, -0.2) is 39.5 Å². The summed E-state index contributed by atoms with van der Waals surface area (Å²) in [6.45, 7) is 0. The third kappa shape index (κ3) is 5.40. The molecule has 0 saturated carbocycles. The van der Waals surface area contributed by atoms with Gasteiger partial charge in [0.15, 0.2) is 6.10 Å². The van der Waals surface area contributed by atoms with E-state index < -0.39 is 24.1 Å². The number of carboxylic acid groups (broad SMARTS) is 2. The molecule has 2 atom stereocenters. The molecule has 0 radical (unpaired) electrons. The molecule has 0 aromatic heterocycles. The van der Waals surface area contributed by atoms with E-state index >= 15 is 0 Å². The van der Waals surface area contributed by atoms with Gasteiger partial charge in [-0.3, -0.25) is 0 Å². The maximum atomic E-state index is 9.74. The summed E-state index contributed by atoms with van der Waals surface area (Å²) in [6, 6.07) is 0. The molecule has 0 saturated heterocycles. The Bertz CT molecular complexity index is 144. The third-order valence-corrected chi connectivity index (χ3v) is 0.794. The van der Waals surface area contributed by atoms with E-state index in [0.29, 0.717) is 0 Å². The minimum Gasteiger partial charge on any atom is -0.547 e. The van der Waals surface area contributed by atoms with Crippen LogP contribution in [0.2, 0.25) is 0 Å². The number of rotatable bonds is 3. The van der Waals surface area contributed by atoms with Crippen molar-refractivity contribution >= 4 is 11.9 Å². The zero-order valence-corrected chi connectivity index (χ0v) is 10.5. The number of hydrogen-bond acceptors (Lipinski definition) is 5. The molecule has 68 valence electrons. The number of carbonyl (C=O) groups is 2. The number of aliphatic hydroxyl groups is 2. The Hall–Kier alpha value is -0.258. The van der Waals surface area contributed by atoms with Crippen LogP contribution in [0.3, 0.4) is 0 Å². The van der Waals surface area contributed by atoms with Gasteiger partial charge in [0, 0.05) is 27.3 Å². The molecular formula is C4H9CdNO6. The summed E-state index contributed by atoms with van der Waals surface area (Å²) in [5.41, 5.74) is 0. The minimum atomic E-state index is -2.38. The van der Waals surface area contributed by atoms with Crippen LogP contribution in [-0.2, 0) is 36.9 Å². The number of quaternary nitrogens is 1. The average molecular weight is 280 g/mol. The van der Waals surface area contributed by atoms with Gasteiger partial charge >= 0.3 is 5.97 Å². The molecule has 8 heteroatoms. The van der Waals surface area contributed by atoms with E-state index in [0.717, 1.165) is 0 Å². The van der Waals surface area contributed by atoms with E-state index in [1.807, 2.05) is 0 Å². The molecule has 7 nitrogen and oxygen atoms in total. The SMILES string of the molecule is O=C([O-])C(O)C(O)C(=O)O.[Cd].[NH4+]. The average Bonchev–Trinajstić information content (AvgIpc) is 1.84. The minimum absolute atomic E-state index is 0. The van der Waals surface area contributed by atoms with Crippen molar-refractivity contribution in [3.8, 4) is 0 Å². The second-order valence-electron chi connectivity index (χ2n) is 1.55. The molecule has 0 bridgehead atoms. The van der Waals surface area contributed by atoms with Gasteiger partial charge in [0.2, 0.25) is 0 Å². The molecule has 2 unspecified atom stereocenters. The van der Waals surface area contributed by atoms with E-state index in [-0.39, 0.29) is 33.4 Å². The molecule has 0 aliphatic rings. The van der Waals surface area contributed by atoms with Gasteiger partial charge in [-0.2, -0.15) is 0 Å². The Kier molecular flexibility index (Phi) is 10.9. The summed E-state index contributed by atoms with van der Waals surface area (Å²) in [6.07, 6.45) is -4.71. The molecule has 12 heavy (non-hydrogen) atoms. The fourth-order valence-corrected chi connectivity index (χ4v) is 0.264. The van der Waals surface area contributed by atoms with Gasteiger partial charge < -0.3 is 31.4 Å². The second-order valence-corrected chi connectivity index (χ2v) is 1.55. The van der Waals surface area contributed by atoms with E-state index in [1.165, 1.54) is 0 Å². The fraction of sp³-hybridized carbons (Fsp3) is 0.500. The first-order chi connectivity index (χ1) is 4.46. The van der Waals surface area contributed by atoms with Crippen molar-refractivity contribution in [3.63, 3.8) is 0 Å². The van der Waals surface area contributed by atoms with Crippen LogP contribution < -0.4 is 11.3 Å². The smallest absolute Gasteiger partial charge is 0.335 e. The Labute approximate surface area is 87.8 Å². The second kappa shape index (κ2) is 7.39. The zero-order valence-electron chi connectivity index (χ0n) is 6.43. The molecule has 0 heterocycles. The van der Waals surface area contributed by atoms with Crippen molar-refractivity contribution in [3.05, 3.63) is 0 Å². The largest absolute Gasteiger partial charge is 0.547 e. The molecule has 0 fully saturated rings. The van der Waals surface area contributed by atoms with Gasteiger partial charge in [-0.25, -0.2) is 4.79 Å². The van der Waals surface area contributed by atoms with Crippen molar-refractivity contribution in [1.29, 1.82) is 0 Å². The number of carboxylic acids is 2. The topological polar surface area (TPSA) is 154 Å².